The van der Waals surface area contributed by atoms with Crippen molar-refractivity contribution < 1.29 is 13.2 Å². The molecule has 0 saturated heterocycles. The first-order valence-corrected chi connectivity index (χ1v) is 4.88. The van der Waals surface area contributed by atoms with Crippen molar-refractivity contribution in [2.24, 2.45) is 0 Å². The van der Waals surface area contributed by atoms with E-state index < -0.39 is 11.9 Å². The van der Waals surface area contributed by atoms with E-state index in [1.165, 1.54) is 12.7 Å². The number of alkyl halides is 3. The van der Waals surface area contributed by atoms with Gasteiger partial charge < -0.3 is 4.98 Å². The maximum Gasteiger partial charge on any atom is 0.398 e. The highest BCUT2D eigenvalue weighted by Crippen LogP contribution is 2.28. The number of aromatic amines is 1. The minimum absolute atomic E-state index is 0.259. The summed E-state index contributed by atoms with van der Waals surface area (Å²) in [5, 5.41) is 0.259. The highest BCUT2D eigenvalue weighted by atomic mass is 32.2. The lowest BCUT2D eigenvalue weighted by atomic mass is 10.6. The molecule has 0 bridgehead atoms. The zero-order valence-corrected chi connectivity index (χ0v) is 8.06. The summed E-state index contributed by atoms with van der Waals surface area (Å²) in [6.45, 7) is 0. The van der Waals surface area contributed by atoms with Crippen LogP contribution in [0.1, 0.15) is 0 Å². The number of fused-ring (bicyclic) bond motifs is 1. The van der Waals surface area contributed by atoms with Crippen molar-refractivity contribution in [2.75, 3.05) is 5.75 Å². The molecule has 0 aliphatic carbocycles. The number of hydrogen-bond acceptors (Lipinski definition) is 4. The number of thioether (sulfide) groups is 1. The second-order valence-electron chi connectivity index (χ2n) is 2.68. The molecule has 15 heavy (non-hydrogen) atoms. The molecular weight excluding hydrogens is 229 g/mol. The van der Waals surface area contributed by atoms with Gasteiger partial charge in [0, 0.05) is 0 Å². The van der Waals surface area contributed by atoms with E-state index in [2.05, 4.69) is 19.9 Å². The van der Waals surface area contributed by atoms with Crippen LogP contribution in [-0.2, 0) is 0 Å². The predicted molar refractivity (Wildman–Crippen MR) is 48.5 cm³/mol. The Morgan fingerprint density at radius 1 is 1.27 bits per heavy atom. The molecule has 1 N–H and O–H groups in total. The maximum absolute atomic E-state index is 12.0. The number of nitrogens with one attached hydrogen (secondary N) is 1. The molecule has 0 spiro atoms. The highest BCUT2D eigenvalue weighted by Gasteiger charge is 2.28. The van der Waals surface area contributed by atoms with Crippen molar-refractivity contribution in [3.63, 3.8) is 0 Å². The van der Waals surface area contributed by atoms with E-state index in [0.717, 1.165) is 0 Å². The third-order valence-corrected chi connectivity index (χ3v) is 2.62. The van der Waals surface area contributed by atoms with Gasteiger partial charge in [-0.15, -0.1) is 0 Å². The molecule has 2 aromatic heterocycles. The van der Waals surface area contributed by atoms with Crippen molar-refractivity contribution in [3.8, 4) is 0 Å². The number of halogens is 3. The Labute approximate surface area is 86.3 Å². The van der Waals surface area contributed by atoms with Gasteiger partial charge in [-0.1, -0.05) is 11.8 Å². The first-order chi connectivity index (χ1) is 7.06. The number of imidazole rings is 1. The van der Waals surface area contributed by atoms with Crippen LogP contribution in [0.5, 0.6) is 0 Å². The Bertz CT molecular complexity index is 466. The average molecular weight is 234 g/mol. The van der Waals surface area contributed by atoms with E-state index >= 15 is 0 Å². The van der Waals surface area contributed by atoms with Crippen LogP contribution >= 0.6 is 11.8 Å². The SMILES string of the molecule is FC(F)(F)CSc1ncnc2nc[nH]c12. The molecule has 0 aliphatic rings. The molecule has 0 aliphatic heterocycles. The summed E-state index contributed by atoms with van der Waals surface area (Å²) >= 11 is 0.614. The van der Waals surface area contributed by atoms with Crippen LogP contribution in [0.4, 0.5) is 13.2 Å². The Hall–Kier alpha value is -1.31. The van der Waals surface area contributed by atoms with Gasteiger partial charge in [-0.05, 0) is 0 Å². The fourth-order valence-corrected chi connectivity index (χ4v) is 1.72. The normalized spacial score (nSPS) is 12.2. The molecule has 0 amide bonds. The lowest BCUT2D eigenvalue weighted by Gasteiger charge is -2.04. The average Bonchev–Trinajstić information content (AvgIpc) is 2.61. The topological polar surface area (TPSA) is 54.5 Å². The molecule has 0 unspecified atom stereocenters. The first-order valence-electron chi connectivity index (χ1n) is 3.90. The Kier molecular flexibility index (Phi) is 2.51. The quantitative estimate of drug-likeness (QED) is 0.638. The van der Waals surface area contributed by atoms with Gasteiger partial charge in [0.05, 0.1) is 12.1 Å². The summed E-state index contributed by atoms with van der Waals surface area (Å²) in [6, 6.07) is 0. The Morgan fingerprint density at radius 3 is 2.80 bits per heavy atom. The minimum Gasteiger partial charge on any atom is -0.341 e. The lowest BCUT2D eigenvalue weighted by molar-refractivity contribution is -0.105. The van der Waals surface area contributed by atoms with Crippen molar-refractivity contribution in [1.82, 2.24) is 19.9 Å². The largest absolute Gasteiger partial charge is 0.398 e. The zero-order chi connectivity index (χ0) is 10.9. The number of rotatable bonds is 2. The highest BCUT2D eigenvalue weighted by molar-refractivity contribution is 7.99. The molecule has 0 atom stereocenters. The van der Waals surface area contributed by atoms with Gasteiger partial charge in [0.15, 0.2) is 5.65 Å². The third-order valence-electron chi connectivity index (χ3n) is 1.56. The summed E-state index contributed by atoms with van der Waals surface area (Å²) in [5.74, 6) is -0.974. The second kappa shape index (κ2) is 3.69. The minimum atomic E-state index is -4.21. The summed E-state index contributed by atoms with van der Waals surface area (Å²) in [5.41, 5.74) is 0.807. The van der Waals surface area contributed by atoms with Gasteiger partial charge in [0.25, 0.3) is 0 Å². The summed E-state index contributed by atoms with van der Waals surface area (Å²) in [4.78, 5) is 14.1. The van der Waals surface area contributed by atoms with Crippen LogP contribution in [-0.4, -0.2) is 31.9 Å². The van der Waals surface area contributed by atoms with Crippen molar-refractivity contribution in [2.45, 2.75) is 11.2 Å². The number of nitrogens with zero attached hydrogens (tertiary/aromatic N) is 3. The first kappa shape index (κ1) is 10.2. The molecule has 0 saturated carbocycles. The number of aromatic nitrogens is 4. The monoisotopic (exact) mass is 234 g/mol. The summed E-state index contributed by atoms with van der Waals surface area (Å²) in [6.07, 6.45) is -1.64. The molecule has 2 aromatic rings. The van der Waals surface area contributed by atoms with Crippen LogP contribution in [0, 0.1) is 0 Å². The molecule has 0 fully saturated rings. The Morgan fingerprint density at radius 2 is 2.07 bits per heavy atom. The zero-order valence-electron chi connectivity index (χ0n) is 7.25. The van der Waals surface area contributed by atoms with Crippen LogP contribution in [0.3, 0.4) is 0 Å². The molecule has 2 rings (SSSR count). The maximum atomic E-state index is 12.0. The molecule has 2 heterocycles. The molecule has 80 valence electrons. The van der Waals surface area contributed by atoms with Gasteiger partial charge >= 0.3 is 6.18 Å². The number of H-pyrrole nitrogens is 1. The lowest BCUT2D eigenvalue weighted by Crippen LogP contribution is -2.10. The van der Waals surface area contributed by atoms with Crippen LogP contribution in [0.25, 0.3) is 11.2 Å². The predicted octanol–water partition coefficient (Wildman–Crippen LogP) is 2.01. The fraction of sp³-hybridized carbons (Fsp3) is 0.286. The third kappa shape index (κ3) is 2.38. The van der Waals surface area contributed by atoms with E-state index in [4.69, 9.17) is 0 Å². The van der Waals surface area contributed by atoms with Gasteiger partial charge in [-0.3, -0.25) is 0 Å². The Balaban J connectivity index is 2.24. The summed E-state index contributed by atoms with van der Waals surface area (Å²) in [7, 11) is 0. The van der Waals surface area contributed by atoms with Crippen LogP contribution in [0.2, 0.25) is 0 Å². The van der Waals surface area contributed by atoms with Crippen molar-refractivity contribution in [1.29, 1.82) is 0 Å². The van der Waals surface area contributed by atoms with E-state index in [0.29, 0.717) is 22.9 Å². The second-order valence-corrected chi connectivity index (χ2v) is 3.65. The van der Waals surface area contributed by atoms with E-state index in [1.807, 2.05) is 0 Å². The molecule has 0 radical (unpaired) electrons. The standard InChI is InChI=1S/C7H5F3N4S/c8-7(9,10)1-15-6-4-5(12-2-11-4)13-3-14-6/h2-3H,1H2,(H,11,12,13,14). The van der Waals surface area contributed by atoms with Gasteiger partial charge in [0.2, 0.25) is 0 Å². The van der Waals surface area contributed by atoms with E-state index in [-0.39, 0.29) is 5.03 Å². The molecular formula is C7H5F3N4S. The van der Waals surface area contributed by atoms with E-state index in [9.17, 15) is 13.2 Å². The van der Waals surface area contributed by atoms with Crippen LogP contribution < -0.4 is 0 Å². The number of hydrogen-bond donors (Lipinski definition) is 1. The van der Waals surface area contributed by atoms with Gasteiger partial charge in [-0.25, -0.2) is 15.0 Å². The fourth-order valence-electron chi connectivity index (χ4n) is 1.00. The van der Waals surface area contributed by atoms with E-state index in [1.54, 1.807) is 0 Å². The van der Waals surface area contributed by atoms with Gasteiger partial charge in [-0.2, -0.15) is 13.2 Å². The molecule has 8 heteroatoms. The summed E-state index contributed by atoms with van der Waals surface area (Å²) < 4.78 is 35.9. The smallest absolute Gasteiger partial charge is 0.341 e. The van der Waals surface area contributed by atoms with Crippen molar-refractivity contribution >= 4 is 22.9 Å². The van der Waals surface area contributed by atoms with Crippen LogP contribution in [0.15, 0.2) is 17.7 Å². The van der Waals surface area contributed by atoms with Gasteiger partial charge in [0.1, 0.15) is 16.9 Å². The van der Waals surface area contributed by atoms with Crippen molar-refractivity contribution in [3.05, 3.63) is 12.7 Å². The molecule has 0 aromatic carbocycles. The molecule has 4 nitrogen and oxygen atoms in total.